The number of hydrogen-bond acceptors (Lipinski definition) is 3. The van der Waals surface area contributed by atoms with Gasteiger partial charge in [-0.05, 0) is 18.9 Å². The summed E-state index contributed by atoms with van der Waals surface area (Å²) in [5.41, 5.74) is -0.386. The van der Waals surface area contributed by atoms with Gasteiger partial charge in [-0.3, -0.25) is 9.59 Å². The number of amides is 1. The van der Waals surface area contributed by atoms with Gasteiger partial charge in [0.2, 0.25) is 0 Å². The number of rotatable bonds is 3. The Balaban J connectivity index is 2.08. The Hall–Kier alpha value is -1.88. The van der Waals surface area contributed by atoms with Crippen LogP contribution in [0.3, 0.4) is 0 Å². The smallest absolute Gasteiger partial charge is 0.311 e. The summed E-state index contributed by atoms with van der Waals surface area (Å²) >= 11 is 0. The van der Waals surface area contributed by atoms with Crippen LogP contribution in [0, 0.1) is 5.41 Å². The van der Waals surface area contributed by atoms with Crippen LogP contribution in [0.5, 0.6) is 0 Å². The van der Waals surface area contributed by atoms with Gasteiger partial charge in [-0.1, -0.05) is 30.3 Å². The lowest BCUT2D eigenvalue weighted by molar-refractivity contribution is -0.148. The zero-order valence-corrected chi connectivity index (χ0v) is 10.7. The van der Waals surface area contributed by atoms with Crippen LogP contribution in [-0.2, 0) is 9.59 Å². The summed E-state index contributed by atoms with van der Waals surface area (Å²) in [6.07, 6.45) is -0.812. The first kappa shape index (κ1) is 13.5. The number of carbonyl (C=O) groups excluding carboxylic acids is 1. The van der Waals surface area contributed by atoms with Crippen LogP contribution in [0.1, 0.15) is 25.0 Å². The van der Waals surface area contributed by atoms with E-state index in [4.69, 9.17) is 5.11 Å². The molecular weight excluding hydrogens is 246 g/mol. The Kier molecular flexibility index (Phi) is 3.57. The summed E-state index contributed by atoms with van der Waals surface area (Å²) in [5.74, 6) is -1.34. The summed E-state index contributed by atoms with van der Waals surface area (Å²) in [4.78, 5) is 24.7. The standard InChI is InChI=1S/C14H17NO4/c1-14(13(18)19)7-8-15(9-14)12(17)11(16)10-5-3-2-4-6-10/h2-6,11,16H,7-9H2,1H3,(H,18,19)/t11-,14?/m0/s1. The van der Waals surface area contributed by atoms with Crippen molar-refractivity contribution in [1.82, 2.24) is 4.90 Å². The maximum Gasteiger partial charge on any atom is 0.311 e. The van der Waals surface area contributed by atoms with Crippen molar-refractivity contribution in [2.24, 2.45) is 5.41 Å². The molecule has 1 fully saturated rings. The van der Waals surface area contributed by atoms with Crippen molar-refractivity contribution in [3.05, 3.63) is 35.9 Å². The minimum Gasteiger partial charge on any atom is -0.481 e. The molecule has 0 saturated carbocycles. The van der Waals surface area contributed by atoms with Gasteiger partial charge in [-0.15, -0.1) is 0 Å². The van der Waals surface area contributed by atoms with Crippen LogP contribution < -0.4 is 0 Å². The highest BCUT2D eigenvalue weighted by atomic mass is 16.4. The number of aliphatic carboxylic acids is 1. The highest BCUT2D eigenvalue weighted by molar-refractivity contribution is 5.84. The first-order chi connectivity index (χ1) is 8.94. The number of carboxylic acid groups (broad SMARTS) is 1. The maximum absolute atomic E-state index is 12.1. The second kappa shape index (κ2) is 5.01. The molecule has 19 heavy (non-hydrogen) atoms. The number of nitrogens with zero attached hydrogens (tertiary/aromatic N) is 1. The topological polar surface area (TPSA) is 77.8 Å². The molecule has 1 amide bonds. The molecule has 1 aliphatic heterocycles. The molecule has 5 nitrogen and oxygen atoms in total. The van der Waals surface area contributed by atoms with Gasteiger partial charge >= 0.3 is 5.97 Å². The molecule has 1 unspecified atom stereocenters. The van der Waals surface area contributed by atoms with Crippen molar-refractivity contribution in [1.29, 1.82) is 0 Å². The number of carboxylic acids is 1. The second-order valence-corrected chi connectivity index (χ2v) is 5.19. The number of aliphatic hydroxyl groups is 1. The summed E-state index contributed by atoms with van der Waals surface area (Å²) in [5, 5.41) is 19.1. The number of carbonyl (C=O) groups is 2. The van der Waals surface area contributed by atoms with E-state index in [0.29, 0.717) is 18.5 Å². The fraction of sp³-hybridized carbons (Fsp3) is 0.429. The van der Waals surface area contributed by atoms with Crippen LogP contribution in [0.25, 0.3) is 0 Å². The molecule has 102 valence electrons. The molecule has 1 aromatic carbocycles. The molecule has 0 spiro atoms. The van der Waals surface area contributed by atoms with E-state index in [1.807, 2.05) is 0 Å². The second-order valence-electron chi connectivity index (χ2n) is 5.19. The third kappa shape index (κ3) is 2.61. The predicted octanol–water partition coefficient (Wildman–Crippen LogP) is 1.04. The molecule has 2 atom stereocenters. The van der Waals surface area contributed by atoms with Crippen LogP contribution in [0.4, 0.5) is 0 Å². The van der Waals surface area contributed by atoms with Crippen molar-refractivity contribution in [2.45, 2.75) is 19.4 Å². The van der Waals surface area contributed by atoms with Gasteiger partial charge in [0.1, 0.15) is 0 Å². The van der Waals surface area contributed by atoms with Gasteiger partial charge in [-0.25, -0.2) is 0 Å². The first-order valence-corrected chi connectivity index (χ1v) is 6.19. The molecule has 5 heteroatoms. The van der Waals surface area contributed by atoms with Crippen LogP contribution in [0.15, 0.2) is 30.3 Å². The number of benzene rings is 1. The molecule has 1 heterocycles. The van der Waals surface area contributed by atoms with E-state index in [0.717, 1.165) is 0 Å². The molecule has 0 radical (unpaired) electrons. The van der Waals surface area contributed by atoms with Gasteiger partial charge in [0.15, 0.2) is 6.10 Å². The lowest BCUT2D eigenvalue weighted by Crippen LogP contribution is -2.37. The number of likely N-dealkylation sites (tertiary alicyclic amines) is 1. The third-order valence-electron chi connectivity index (χ3n) is 3.65. The van der Waals surface area contributed by atoms with Crippen molar-refractivity contribution < 1.29 is 19.8 Å². The Morgan fingerprint density at radius 2 is 1.95 bits per heavy atom. The molecular formula is C14H17NO4. The average molecular weight is 263 g/mol. The van der Waals surface area contributed by atoms with E-state index in [1.165, 1.54) is 4.90 Å². The monoisotopic (exact) mass is 263 g/mol. The highest BCUT2D eigenvalue weighted by Gasteiger charge is 2.43. The molecule has 1 aliphatic rings. The Morgan fingerprint density at radius 1 is 1.32 bits per heavy atom. The van der Waals surface area contributed by atoms with E-state index < -0.39 is 23.4 Å². The molecule has 1 saturated heterocycles. The average Bonchev–Trinajstić information content (AvgIpc) is 2.82. The van der Waals surface area contributed by atoms with Crippen LogP contribution in [-0.4, -0.2) is 40.1 Å². The lowest BCUT2D eigenvalue weighted by atomic mass is 9.90. The van der Waals surface area contributed by atoms with E-state index in [-0.39, 0.29) is 6.54 Å². The number of hydrogen-bond donors (Lipinski definition) is 2. The predicted molar refractivity (Wildman–Crippen MR) is 68.3 cm³/mol. The molecule has 2 rings (SSSR count). The summed E-state index contributed by atoms with van der Waals surface area (Å²) < 4.78 is 0. The van der Waals surface area contributed by atoms with Crippen LogP contribution >= 0.6 is 0 Å². The zero-order valence-electron chi connectivity index (χ0n) is 10.7. The van der Waals surface area contributed by atoms with Gasteiger partial charge in [-0.2, -0.15) is 0 Å². The normalized spacial score (nSPS) is 24.2. The largest absolute Gasteiger partial charge is 0.481 e. The van der Waals surface area contributed by atoms with E-state index in [2.05, 4.69) is 0 Å². The SMILES string of the molecule is CC1(C(=O)O)CCN(C(=O)[C@@H](O)c2ccccc2)C1. The molecule has 2 N–H and O–H groups in total. The minimum atomic E-state index is -1.22. The van der Waals surface area contributed by atoms with E-state index >= 15 is 0 Å². The highest BCUT2D eigenvalue weighted by Crippen LogP contribution is 2.31. The van der Waals surface area contributed by atoms with Crippen LogP contribution in [0.2, 0.25) is 0 Å². The van der Waals surface area contributed by atoms with Gasteiger partial charge in [0, 0.05) is 13.1 Å². The molecule has 0 aromatic heterocycles. The lowest BCUT2D eigenvalue weighted by Gasteiger charge is -2.22. The summed E-state index contributed by atoms with van der Waals surface area (Å²) in [6.45, 7) is 2.13. The fourth-order valence-electron chi connectivity index (χ4n) is 2.27. The zero-order chi connectivity index (χ0) is 14.0. The quantitative estimate of drug-likeness (QED) is 0.854. The fourth-order valence-corrected chi connectivity index (χ4v) is 2.27. The third-order valence-corrected chi connectivity index (χ3v) is 3.65. The van der Waals surface area contributed by atoms with Crippen molar-refractivity contribution in [3.8, 4) is 0 Å². The van der Waals surface area contributed by atoms with E-state index in [1.54, 1.807) is 37.3 Å². The molecule has 1 aromatic rings. The summed E-state index contributed by atoms with van der Waals surface area (Å²) in [7, 11) is 0. The minimum absolute atomic E-state index is 0.144. The Bertz CT molecular complexity index is 487. The van der Waals surface area contributed by atoms with Crippen molar-refractivity contribution >= 4 is 11.9 Å². The van der Waals surface area contributed by atoms with Gasteiger partial charge in [0.25, 0.3) is 5.91 Å². The number of aliphatic hydroxyl groups excluding tert-OH is 1. The van der Waals surface area contributed by atoms with Crippen molar-refractivity contribution in [3.63, 3.8) is 0 Å². The molecule has 0 bridgehead atoms. The Morgan fingerprint density at radius 3 is 2.47 bits per heavy atom. The maximum atomic E-state index is 12.1. The van der Waals surface area contributed by atoms with E-state index in [9.17, 15) is 14.7 Å². The van der Waals surface area contributed by atoms with Gasteiger partial charge in [0.05, 0.1) is 5.41 Å². The first-order valence-electron chi connectivity index (χ1n) is 6.19. The molecule has 0 aliphatic carbocycles. The van der Waals surface area contributed by atoms with Gasteiger partial charge < -0.3 is 15.1 Å². The van der Waals surface area contributed by atoms with Crippen molar-refractivity contribution in [2.75, 3.05) is 13.1 Å². The Labute approximate surface area is 111 Å². The summed E-state index contributed by atoms with van der Waals surface area (Å²) in [6, 6.07) is 8.65.